The van der Waals surface area contributed by atoms with Gasteiger partial charge in [-0.2, -0.15) is 0 Å². The standard InChI is InChI=1S/C16H27N3O2/c1-16(2,3)14(10-19-8-7-17-11-19)18-13-6-4-5-12(9-13)15(20)21/h7-8,11-14,18H,4-6,9-10H2,1-3H3,(H,20,21). The van der Waals surface area contributed by atoms with Gasteiger partial charge in [0.25, 0.3) is 0 Å². The van der Waals surface area contributed by atoms with Gasteiger partial charge in [0.1, 0.15) is 0 Å². The Bertz CT molecular complexity index is 451. The number of nitrogens with one attached hydrogen (secondary N) is 1. The second-order valence-corrected chi connectivity index (χ2v) is 7.24. The summed E-state index contributed by atoms with van der Waals surface area (Å²) in [5.41, 5.74) is 0.112. The van der Waals surface area contributed by atoms with Crippen LogP contribution in [0.3, 0.4) is 0 Å². The molecule has 0 saturated heterocycles. The highest BCUT2D eigenvalue weighted by atomic mass is 16.4. The molecule has 5 heteroatoms. The number of hydrogen-bond donors (Lipinski definition) is 2. The van der Waals surface area contributed by atoms with Gasteiger partial charge in [-0.25, -0.2) is 4.98 Å². The van der Waals surface area contributed by atoms with E-state index in [2.05, 4.69) is 35.6 Å². The van der Waals surface area contributed by atoms with E-state index < -0.39 is 5.97 Å². The summed E-state index contributed by atoms with van der Waals surface area (Å²) in [6.07, 6.45) is 9.22. The van der Waals surface area contributed by atoms with Crippen molar-refractivity contribution in [3.05, 3.63) is 18.7 Å². The molecule has 118 valence electrons. The molecule has 5 nitrogen and oxygen atoms in total. The summed E-state index contributed by atoms with van der Waals surface area (Å²) in [5, 5.41) is 12.9. The molecule has 1 saturated carbocycles. The first-order valence-corrected chi connectivity index (χ1v) is 7.81. The highest BCUT2D eigenvalue weighted by Crippen LogP contribution is 2.28. The molecule has 2 N–H and O–H groups in total. The van der Waals surface area contributed by atoms with E-state index in [9.17, 15) is 9.90 Å². The number of nitrogens with zero attached hydrogens (tertiary/aromatic N) is 2. The number of carboxylic acids is 1. The molecule has 21 heavy (non-hydrogen) atoms. The predicted molar refractivity (Wildman–Crippen MR) is 82.0 cm³/mol. The maximum Gasteiger partial charge on any atom is 0.306 e. The molecule has 0 radical (unpaired) electrons. The summed E-state index contributed by atoms with van der Waals surface area (Å²) >= 11 is 0. The number of rotatable bonds is 5. The maximum atomic E-state index is 11.2. The van der Waals surface area contributed by atoms with Gasteiger partial charge in [-0.3, -0.25) is 4.79 Å². The van der Waals surface area contributed by atoms with Gasteiger partial charge >= 0.3 is 5.97 Å². The third-order valence-electron chi connectivity index (χ3n) is 4.46. The average molecular weight is 293 g/mol. The van der Waals surface area contributed by atoms with Crippen molar-refractivity contribution < 1.29 is 9.90 Å². The number of aliphatic carboxylic acids is 1. The van der Waals surface area contributed by atoms with Crippen LogP contribution in [0, 0.1) is 11.3 Å². The van der Waals surface area contributed by atoms with Gasteiger partial charge in [-0.05, 0) is 24.7 Å². The zero-order valence-electron chi connectivity index (χ0n) is 13.2. The minimum atomic E-state index is -0.650. The molecule has 1 aliphatic carbocycles. The Morgan fingerprint density at radius 3 is 2.81 bits per heavy atom. The second kappa shape index (κ2) is 6.60. The van der Waals surface area contributed by atoms with E-state index in [4.69, 9.17) is 0 Å². The SMILES string of the molecule is CC(C)(C)C(Cn1ccnc1)NC1CCCC(C(=O)O)C1. The van der Waals surface area contributed by atoms with E-state index in [-0.39, 0.29) is 11.3 Å². The van der Waals surface area contributed by atoms with Crippen molar-refractivity contribution in [2.75, 3.05) is 0 Å². The highest BCUT2D eigenvalue weighted by Gasteiger charge is 2.31. The molecule has 1 aromatic heterocycles. The Kier molecular flexibility index (Phi) is 5.04. The first-order valence-electron chi connectivity index (χ1n) is 7.81. The molecule has 1 heterocycles. The van der Waals surface area contributed by atoms with Gasteiger partial charge in [0.2, 0.25) is 0 Å². The van der Waals surface area contributed by atoms with E-state index in [1.807, 2.05) is 12.5 Å². The zero-order chi connectivity index (χ0) is 15.5. The van der Waals surface area contributed by atoms with Crippen LogP contribution < -0.4 is 5.32 Å². The molecule has 1 fully saturated rings. The van der Waals surface area contributed by atoms with Crippen molar-refractivity contribution in [2.45, 2.75) is 65.1 Å². The minimum Gasteiger partial charge on any atom is -0.481 e. The van der Waals surface area contributed by atoms with Crippen molar-refractivity contribution in [1.29, 1.82) is 0 Å². The predicted octanol–water partition coefficient (Wildman–Crippen LogP) is 2.53. The first kappa shape index (κ1) is 16.0. The lowest BCUT2D eigenvalue weighted by Gasteiger charge is -2.37. The molecule has 0 spiro atoms. The van der Waals surface area contributed by atoms with Gasteiger partial charge in [0.05, 0.1) is 12.2 Å². The lowest BCUT2D eigenvalue weighted by molar-refractivity contribution is -0.143. The van der Waals surface area contributed by atoms with Crippen LogP contribution in [0.25, 0.3) is 0 Å². The summed E-state index contributed by atoms with van der Waals surface area (Å²) in [6, 6.07) is 0.594. The lowest BCUT2D eigenvalue weighted by atomic mass is 9.82. The minimum absolute atomic E-state index is 0.112. The topological polar surface area (TPSA) is 67.2 Å². The van der Waals surface area contributed by atoms with Gasteiger partial charge < -0.3 is 15.0 Å². The molecule has 3 atom stereocenters. The zero-order valence-corrected chi connectivity index (χ0v) is 13.2. The summed E-state index contributed by atoms with van der Waals surface area (Å²) < 4.78 is 2.08. The van der Waals surface area contributed by atoms with Crippen molar-refractivity contribution in [3.63, 3.8) is 0 Å². The van der Waals surface area contributed by atoms with E-state index >= 15 is 0 Å². The van der Waals surface area contributed by atoms with Gasteiger partial charge in [-0.15, -0.1) is 0 Å². The molecule has 1 aliphatic rings. The van der Waals surface area contributed by atoms with E-state index in [1.54, 1.807) is 6.20 Å². The van der Waals surface area contributed by atoms with Crippen molar-refractivity contribution in [3.8, 4) is 0 Å². The smallest absolute Gasteiger partial charge is 0.306 e. The first-order chi connectivity index (χ1) is 9.86. The Morgan fingerprint density at radius 1 is 1.48 bits per heavy atom. The number of carboxylic acid groups (broad SMARTS) is 1. The quantitative estimate of drug-likeness (QED) is 0.875. The molecule has 0 amide bonds. The van der Waals surface area contributed by atoms with Crippen LogP contribution in [0.5, 0.6) is 0 Å². The van der Waals surface area contributed by atoms with Crippen molar-refractivity contribution >= 4 is 5.97 Å². The lowest BCUT2D eigenvalue weighted by Crippen LogP contribution is -2.50. The van der Waals surface area contributed by atoms with E-state index in [0.717, 1.165) is 32.2 Å². The van der Waals surface area contributed by atoms with Crippen molar-refractivity contribution in [2.24, 2.45) is 11.3 Å². The third-order valence-corrected chi connectivity index (χ3v) is 4.46. The number of imidazole rings is 1. The van der Waals surface area contributed by atoms with Crippen LogP contribution in [0.4, 0.5) is 0 Å². The van der Waals surface area contributed by atoms with Crippen LogP contribution in [-0.2, 0) is 11.3 Å². The van der Waals surface area contributed by atoms with Crippen LogP contribution in [0.15, 0.2) is 18.7 Å². The van der Waals surface area contributed by atoms with Crippen LogP contribution in [0.2, 0.25) is 0 Å². The monoisotopic (exact) mass is 293 g/mol. The van der Waals surface area contributed by atoms with E-state index in [0.29, 0.717) is 12.1 Å². The fourth-order valence-corrected chi connectivity index (χ4v) is 3.03. The molecule has 0 aromatic carbocycles. The van der Waals surface area contributed by atoms with Crippen LogP contribution in [0.1, 0.15) is 46.5 Å². The largest absolute Gasteiger partial charge is 0.481 e. The highest BCUT2D eigenvalue weighted by molar-refractivity contribution is 5.70. The number of carbonyl (C=O) groups is 1. The molecule has 0 bridgehead atoms. The Hall–Kier alpha value is -1.36. The summed E-state index contributed by atoms with van der Waals surface area (Å²) in [5.74, 6) is -0.839. The summed E-state index contributed by atoms with van der Waals surface area (Å²) in [4.78, 5) is 15.3. The normalized spacial score (nSPS) is 24.7. The Balaban J connectivity index is 1.99. The molecule has 1 aromatic rings. The maximum absolute atomic E-state index is 11.2. The van der Waals surface area contributed by atoms with Gasteiger partial charge in [0.15, 0.2) is 0 Å². The fraction of sp³-hybridized carbons (Fsp3) is 0.750. The Morgan fingerprint density at radius 2 is 2.24 bits per heavy atom. The number of aromatic nitrogens is 2. The molecular formula is C16H27N3O2. The summed E-state index contributed by atoms with van der Waals surface area (Å²) in [6.45, 7) is 7.52. The van der Waals surface area contributed by atoms with Gasteiger partial charge in [-0.1, -0.05) is 27.2 Å². The average Bonchev–Trinajstić information content (AvgIpc) is 2.90. The fourth-order valence-electron chi connectivity index (χ4n) is 3.03. The van der Waals surface area contributed by atoms with E-state index in [1.165, 1.54) is 0 Å². The second-order valence-electron chi connectivity index (χ2n) is 7.24. The van der Waals surface area contributed by atoms with Gasteiger partial charge in [0, 0.05) is 31.0 Å². The number of hydrogen-bond acceptors (Lipinski definition) is 3. The molecule has 3 unspecified atom stereocenters. The molecule has 2 rings (SSSR count). The van der Waals surface area contributed by atoms with Crippen molar-refractivity contribution in [1.82, 2.24) is 14.9 Å². The van der Waals surface area contributed by atoms with Crippen LogP contribution >= 0.6 is 0 Å². The summed E-state index contributed by atoms with van der Waals surface area (Å²) in [7, 11) is 0. The van der Waals surface area contributed by atoms with Crippen LogP contribution in [-0.4, -0.2) is 32.7 Å². The third kappa shape index (κ3) is 4.56. The molecular weight excluding hydrogens is 266 g/mol. The molecule has 0 aliphatic heterocycles. The Labute approximate surface area is 126 Å².